The average Bonchev–Trinajstić information content (AvgIpc) is 2.76. The molecule has 0 atom stereocenters. The van der Waals surface area contributed by atoms with Crippen molar-refractivity contribution in [3.63, 3.8) is 0 Å². The van der Waals surface area contributed by atoms with E-state index in [9.17, 15) is 34.8 Å². The summed E-state index contributed by atoms with van der Waals surface area (Å²) in [6, 6.07) is 0. The molecule has 32 heavy (non-hydrogen) atoms. The number of benzene rings is 1. The number of carbonyl (C=O) groups excluding carboxylic acids is 3. The fraction of sp³-hybridized carbons (Fsp3) is 0.500. The summed E-state index contributed by atoms with van der Waals surface area (Å²) in [4.78, 5) is 41.2. The first-order valence-corrected chi connectivity index (χ1v) is 12.7. The fourth-order valence-corrected chi connectivity index (χ4v) is 7.13. The van der Waals surface area contributed by atoms with Crippen LogP contribution in [-0.2, 0) is 4.79 Å². The van der Waals surface area contributed by atoms with Gasteiger partial charge in [-0.2, -0.15) is 0 Å². The number of amides is 3. The highest BCUT2D eigenvalue weighted by molar-refractivity contribution is 14.1. The molecule has 0 aliphatic carbocycles. The summed E-state index contributed by atoms with van der Waals surface area (Å²) in [6.45, 7) is -1.76. The predicted octanol–water partition coefficient (Wildman–Crippen LogP) is -0.749. The van der Waals surface area contributed by atoms with Crippen molar-refractivity contribution in [1.29, 1.82) is 0 Å². The third-order valence-corrected chi connectivity index (χ3v) is 7.48. The third-order valence-electron chi connectivity index (χ3n) is 4.25. The lowest BCUT2D eigenvalue weighted by Crippen LogP contribution is -2.39. The number of nitrogens with two attached hydrogens (primary N) is 1. The van der Waals surface area contributed by atoms with Crippen molar-refractivity contribution in [1.82, 2.24) is 9.80 Å². The van der Waals surface area contributed by atoms with Crippen LogP contribution in [0.5, 0.6) is 0 Å². The van der Waals surface area contributed by atoms with Crippen LogP contribution < -0.4 is 11.1 Å². The lowest BCUT2D eigenvalue weighted by Gasteiger charge is -2.27. The molecular formula is C18H25I3N4O7. The molecule has 7 N–H and O–H groups in total. The molecule has 0 aliphatic heterocycles. The van der Waals surface area contributed by atoms with E-state index >= 15 is 0 Å². The van der Waals surface area contributed by atoms with Crippen LogP contribution >= 0.6 is 67.8 Å². The summed E-state index contributed by atoms with van der Waals surface area (Å²) in [5.41, 5.74) is 5.90. The Hall–Kier alpha value is -0.380. The molecule has 0 spiro atoms. The van der Waals surface area contributed by atoms with Crippen molar-refractivity contribution in [2.24, 2.45) is 5.73 Å². The zero-order valence-corrected chi connectivity index (χ0v) is 23.5. The lowest BCUT2D eigenvalue weighted by molar-refractivity contribution is -0.114. The first-order chi connectivity index (χ1) is 15.2. The van der Waals surface area contributed by atoms with Gasteiger partial charge in [-0.05, 0) is 67.8 Å². The molecule has 0 bridgehead atoms. The number of nitrogens with one attached hydrogen (secondary N) is 1. The Morgan fingerprint density at radius 2 is 1.06 bits per heavy atom. The van der Waals surface area contributed by atoms with Crippen LogP contribution in [0.15, 0.2) is 0 Å². The Balaban J connectivity index is 3.80. The molecule has 14 heteroatoms. The second kappa shape index (κ2) is 14.8. The van der Waals surface area contributed by atoms with Crippen molar-refractivity contribution >= 4 is 91.2 Å². The van der Waals surface area contributed by atoms with E-state index in [0.717, 1.165) is 0 Å². The summed E-state index contributed by atoms with van der Waals surface area (Å²) in [7, 11) is 0. The Kier molecular flexibility index (Phi) is 13.7. The van der Waals surface area contributed by atoms with Gasteiger partial charge in [0.15, 0.2) is 0 Å². The summed E-state index contributed by atoms with van der Waals surface area (Å²) >= 11 is 5.66. The number of rotatable bonds is 12. The standard InChI is InChI=1S/C18H25I3N4O7/c19-13-11(17(31)24(1-5-26)2-6-27)14(20)16(23-10(30)9-22)15(21)12(13)18(32)25(3-7-28)4-8-29/h26-29H,1-9,22H2,(H,23,30). The van der Waals surface area contributed by atoms with Gasteiger partial charge >= 0.3 is 0 Å². The highest BCUT2D eigenvalue weighted by Crippen LogP contribution is 2.37. The van der Waals surface area contributed by atoms with E-state index in [1.165, 1.54) is 9.80 Å². The van der Waals surface area contributed by atoms with Gasteiger partial charge in [-0.1, -0.05) is 0 Å². The number of hydrogen-bond acceptors (Lipinski definition) is 8. The van der Waals surface area contributed by atoms with Crippen molar-refractivity contribution in [2.45, 2.75) is 0 Å². The van der Waals surface area contributed by atoms with Crippen molar-refractivity contribution in [2.75, 3.05) is 64.5 Å². The minimum Gasteiger partial charge on any atom is -0.395 e. The first-order valence-electron chi connectivity index (χ1n) is 9.42. The maximum Gasteiger partial charge on any atom is 0.256 e. The number of hydrogen-bond donors (Lipinski definition) is 6. The number of halogens is 3. The van der Waals surface area contributed by atoms with E-state index in [1.807, 2.05) is 67.8 Å². The number of nitrogens with zero attached hydrogens (tertiary/aromatic N) is 2. The van der Waals surface area contributed by atoms with Crippen LogP contribution in [0, 0.1) is 10.7 Å². The topological polar surface area (TPSA) is 177 Å². The minimum atomic E-state index is -0.536. The van der Waals surface area contributed by atoms with Gasteiger partial charge in [0.1, 0.15) is 0 Å². The van der Waals surface area contributed by atoms with Crippen LogP contribution in [0.3, 0.4) is 0 Å². The molecule has 1 aromatic carbocycles. The smallest absolute Gasteiger partial charge is 0.256 e. The molecule has 11 nitrogen and oxygen atoms in total. The average molecular weight is 790 g/mol. The van der Waals surface area contributed by atoms with Crippen molar-refractivity contribution < 1.29 is 34.8 Å². The van der Waals surface area contributed by atoms with Gasteiger partial charge < -0.3 is 41.3 Å². The molecular weight excluding hydrogens is 765 g/mol. The largest absolute Gasteiger partial charge is 0.395 e. The first kappa shape index (κ1) is 29.7. The molecule has 1 aromatic rings. The highest BCUT2D eigenvalue weighted by Gasteiger charge is 2.32. The Labute approximate surface area is 226 Å². The second-order valence-corrected chi connectivity index (χ2v) is 9.53. The molecule has 0 saturated carbocycles. The predicted molar refractivity (Wildman–Crippen MR) is 142 cm³/mol. The normalized spacial score (nSPS) is 10.8. The van der Waals surface area contributed by atoms with E-state index in [4.69, 9.17) is 5.73 Å². The quantitative estimate of drug-likeness (QED) is 0.150. The molecule has 3 amide bonds. The second-order valence-electron chi connectivity index (χ2n) is 6.30. The molecule has 0 fully saturated rings. The maximum atomic E-state index is 13.3. The van der Waals surface area contributed by atoms with Gasteiger partial charge in [-0.15, -0.1) is 0 Å². The highest BCUT2D eigenvalue weighted by atomic mass is 127. The molecule has 0 aromatic heterocycles. The Morgan fingerprint density at radius 1 is 0.719 bits per heavy atom. The van der Waals surface area contributed by atoms with E-state index in [0.29, 0.717) is 10.7 Å². The van der Waals surface area contributed by atoms with Gasteiger partial charge in [-0.25, -0.2) is 0 Å². The van der Waals surface area contributed by atoms with E-state index in [2.05, 4.69) is 5.32 Å². The summed E-state index contributed by atoms with van der Waals surface area (Å²) in [5.74, 6) is -1.60. The van der Waals surface area contributed by atoms with Crippen molar-refractivity contribution in [3.8, 4) is 0 Å². The third kappa shape index (κ3) is 7.31. The van der Waals surface area contributed by atoms with Crippen molar-refractivity contribution in [3.05, 3.63) is 21.8 Å². The van der Waals surface area contributed by atoms with Crippen LogP contribution in [0.25, 0.3) is 0 Å². The van der Waals surface area contributed by atoms with Gasteiger partial charge in [0.25, 0.3) is 11.8 Å². The summed E-state index contributed by atoms with van der Waals surface area (Å²) in [5, 5.41) is 39.9. The molecule has 0 aliphatic rings. The van der Waals surface area contributed by atoms with Crippen LogP contribution in [0.1, 0.15) is 20.7 Å². The molecule has 1 rings (SSSR count). The van der Waals surface area contributed by atoms with Gasteiger partial charge in [0, 0.05) is 29.7 Å². The SMILES string of the molecule is NCC(=O)Nc1c(I)c(C(=O)N(CCO)CCO)c(I)c(C(=O)N(CCO)CCO)c1I. The maximum absolute atomic E-state index is 13.3. The molecule has 0 radical (unpaired) electrons. The Bertz CT molecular complexity index is 774. The number of aliphatic hydroxyl groups is 4. The lowest BCUT2D eigenvalue weighted by atomic mass is 10.1. The molecule has 0 heterocycles. The summed E-state index contributed by atoms with van der Waals surface area (Å²) in [6.07, 6.45) is 0. The Morgan fingerprint density at radius 3 is 1.34 bits per heavy atom. The minimum absolute atomic E-state index is 0.0353. The summed E-state index contributed by atoms with van der Waals surface area (Å²) < 4.78 is 1.05. The van der Waals surface area contributed by atoms with Crippen LogP contribution in [0.4, 0.5) is 5.69 Å². The molecule has 180 valence electrons. The molecule has 0 saturated heterocycles. The van der Waals surface area contributed by atoms with Gasteiger partial charge in [0.05, 0.1) is 56.9 Å². The van der Waals surface area contributed by atoms with Crippen LogP contribution in [-0.4, -0.2) is 107 Å². The molecule has 0 unspecified atom stereocenters. The van der Waals surface area contributed by atoms with E-state index in [1.54, 1.807) is 0 Å². The van der Waals surface area contributed by atoms with E-state index < -0.39 is 17.7 Å². The van der Waals surface area contributed by atoms with E-state index in [-0.39, 0.29) is 76.0 Å². The zero-order valence-electron chi connectivity index (χ0n) is 17.0. The van der Waals surface area contributed by atoms with Gasteiger partial charge in [0.2, 0.25) is 5.91 Å². The zero-order chi connectivity index (χ0) is 24.4. The van der Waals surface area contributed by atoms with Crippen LogP contribution in [0.2, 0.25) is 0 Å². The monoisotopic (exact) mass is 790 g/mol. The fourth-order valence-electron chi connectivity index (χ4n) is 2.77. The number of carbonyl (C=O) groups is 3. The van der Waals surface area contributed by atoms with Gasteiger partial charge in [-0.3, -0.25) is 14.4 Å². The number of aliphatic hydroxyl groups excluding tert-OH is 4. The number of anilines is 1.